The summed E-state index contributed by atoms with van der Waals surface area (Å²) in [7, 11) is 2.83. The second kappa shape index (κ2) is 6.06. The number of ether oxygens (including phenoxy) is 2. The molecule has 4 heteroatoms. The zero-order chi connectivity index (χ0) is 19.4. The quantitative estimate of drug-likeness (QED) is 0.633. The monoisotopic (exact) mass is 370 g/mol. The molecule has 0 bridgehead atoms. The van der Waals surface area contributed by atoms with Gasteiger partial charge in [0.05, 0.1) is 14.2 Å². The minimum Gasteiger partial charge on any atom is -0.468 e. The Balaban J connectivity index is 1.80. The van der Waals surface area contributed by atoms with Gasteiger partial charge in [0.2, 0.25) is 0 Å². The number of rotatable bonds is 2. The van der Waals surface area contributed by atoms with Gasteiger partial charge in [0, 0.05) is 0 Å². The van der Waals surface area contributed by atoms with Crippen molar-refractivity contribution in [3.05, 3.63) is 82.9 Å². The fourth-order valence-electron chi connectivity index (χ4n) is 4.64. The molecule has 138 valence electrons. The van der Waals surface area contributed by atoms with Gasteiger partial charge in [-0.3, -0.25) is 9.59 Å². The van der Waals surface area contributed by atoms with E-state index in [-0.39, 0.29) is 11.9 Å². The first kappa shape index (κ1) is 16.8. The zero-order valence-corrected chi connectivity index (χ0v) is 15.6. The molecule has 2 aliphatic carbocycles. The molecule has 28 heavy (non-hydrogen) atoms. The van der Waals surface area contributed by atoms with E-state index in [9.17, 15) is 9.59 Å². The third-order valence-electron chi connectivity index (χ3n) is 5.84. The van der Waals surface area contributed by atoms with E-state index in [2.05, 4.69) is 0 Å². The van der Waals surface area contributed by atoms with Crippen molar-refractivity contribution >= 4 is 11.9 Å². The molecule has 0 radical (unpaired) electrons. The predicted octanol–water partition coefficient (Wildman–Crippen LogP) is 4.26. The Labute approximate surface area is 162 Å². The Morgan fingerprint density at radius 3 is 1.39 bits per heavy atom. The van der Waals surface area contributed by atoms with Crippen LogP contribution in [0.15, 0.2) is 60.7 Å². The first-order chi connectivity index (χ1) is 13.7. The van der Waals surface area contributed by atoms with E-state index in [1.807, 2.05) is 60.7 Å². The number of benzene rings is 3. The summed E-state index contributed by atoms with van der Waals surface area (Å²) in [6, 6.07) is 19.8. The number of carbonyl (C=O) groups excluding carboxylic acids is 2. The van der Waals surface area contributed by atoms with Gasteiger partial charge in [0.15, 0.2) is 0 Å². The summed E-state index contributed by atoms with van der Waals surface area (Å²) in [6.07, 6.45) is 0. The molecule has 0 aliphatic heterocycles. The van der Waals surface area contributed by atoms with E-state index in [0.717, 1.165) is 44.5 Å². The second-order valence-electron chi connectivity index (χ2n) is 7.11. The normalized spacial score (nSPS) is 17.9. The van der Waals surface area contributed by atoms with Crippen LogP contribution in [0, 0.1) is 0 Å². The van der Waals surface area contributed by atoms with Crippen LogP contribution in [0.5, 0.6) is 0 Å². The van der Waals surface area contributed by atoms with Crippen LogP contribution in [0.25, 0.3) is 22.3 Å². The summed E-state index contributed by atoms with van der Waals surface area (Å²) in [6.45, 7) is 0. The Morgan fingerprint density at radius 2 is 1.00 bits per heavy atom. The van der Waals surface area contributed by atoms with Gasteiger partial charge in [-0.2, -0.15) is 0 Å². The summed E-state index contributed by atoms with van der Waals surface area (Å²) in [5.41, 5.74) is 7.70. The van der Waals surface area contributed by atoms with E-state index in [0.29, 0.717) is 0 Å². The number of fused-ring (bicyclic) bond motifs is 6. The van der Waals surface area contributed by atoms with Crippen LogP contribution in [0.4, 0.5) is 0 Å². The third-order valence-corrected chi connectivity index (χ3v) is 5.84. The molecule has 0 N–H and O–H groups in total. The van der Waals surface area contributed by atoms with E-state index >= 15 is 0 Å². The number of carbonyl (C=O) groups is 2. The highest BCUT2D eigenvalue weighted by Gasteiger charge is 2.40. The van der Waals surface area contributed by atoms with Crippen molar-refractivity contribution in [1.29, 1.82) is 0 Å². The molecular weight excluding hydrogens is 352 g/mol. The maximum absolute atomic E-state index is 12.6. The van der Waals surface area contributed by atoms with Gasteiger partial charge in [0.25, 0.3) is 0 Å². The van der Waals surface area contributed by atoms with Gasteiger partial charge in [0.1, 0.15) is 11.8 Å². The highest BCUT2D eigenvalue weighted by atomic mass is 16.5. The average Bonchev–Trinajstić information content (AvgIpc) is 3.23. The van der Waals surface area contributed by atoms with Gasteiger partial charge in [-0.1, -0.05) is 48.5 Å². The summed E-state index contributed by atoms with van der Waals surface area (Å²) in [5.74, 6) is -1.46. The summed E-state index contributed by atoms with van der Waals surface area (Å²) >= 11 is 0. The first-order valence-electron chi connectivity index (χ1n) is 9.17. The van der Waals surface area contributed by atoms with Crippen LogP contribution < -0.4 is 0 Å². The lowest BCUT2D eigenvalue weighted by atomic mass is 9.91. The lowest BCUT2D eigenvalue weighted by Gasteiger charge is -2.14. The van der Waals surface area contributed by atoms with Gasteiger partial charge < -0.3 is 9.47 Å². The highest BCUT2D eigenvalue weighted by Crippen LogP contribution is 2.52. The molecule has 0 aromatic heterocycles. The Kier molecular flexibility index (Phi) is 3.63. The number of hydrogen-bond acceptors (Lipinski definition) is 4. The molecule has 5 rings (SSSR count). The van der Waals surface area contributed by atoms with Crippen LogP contribution in [-0.2, 0) is 19.1 Å². The fourth-order valence-corrected chi connectivity index (χ4v) is 4.64. The first-order valence-corrected chi connectivity index (χ1v) is 9.17. The molecule has 3 aromatic rings. The van der Waals surface area contributed by atoms with Gasteiger partial charge in [-0.15, -0.1) is 0 Å². The lowest BCUT2D eigenvalue weighted by molar-refractivity contribution is -0.142. The summed E-state index contributed by atoms with van der Waals surface area (Å²) < 4.78 is 10.2. The predicted molar refractivity (Wildman–Crippen MR) is 105 cm³/mol. The van der Waals surface area contributed by atoms with Crippen LogP contribution in [0.2, 0.25) is 0 Å². The van der Waals surface area contributed by atoms with E-state index < -0.39 is 11.8 Å². The van der Waals surface area contributed by atoms with E-state index in [1.165, 1.54) is 14.2 Å². The Bertz CT molecular complexity index is 1050. The average molecular weight is 370 g/mol. The van der Waals surface area contributed by atoms with Crippen molar-refractivity contribution in [1.82, 2.24) is 0 Å². The summed E-state index contributed by atoms with van der Waals surface area (Å²) in [4.78, 5) is 25.2. The Hall–Kier alpha value is -3.40. The van der Waals surface area contributed by atoms with Crippen LogP contribution in [0.3, 0.4) is 0 Å². The SMILES string of the molecule is COC(=O)C1c2ccccc2-c2cc3c(cc21)-c1ccccc1C3C(=O)OC. The number of esters is 2. The fraction of sp³-hybridized carbons (Fsp3) is 0.167. The topological polar surface area (TPSA) is 52.6 Å². The van der Waals surface area contributed by atoms with Crippen molar-refractivity contribution in [2.45, 2.75) is 11.8 Å². The lowest BCUT2D eigenvalue weighted by Crippen LogP contribution is -2.14. The standard InChI is InChI=1S/C24H18O4/c1-27-23(25)21-15-9-5-3-7-13(15)17-12-20-18(11-19(17)21)14-8-4-6-10-16(14)22(20)24(26)28-2/h3-12,21-22H,1-2H3. The van der Waals surface area contributed by atoms with Crippen molar-refractivity contribution in [2.75, 3.05) is 14.2 Å². The van der Waals surface area contributed by atoms with Crippen molar-refractivity contribution in [3.8, 4) is 22.3 Å². The molecule has 2 aliphatic rings. The number of hydrogen-bond donors (Lipinski definition) is 0. The summed E-state index contributed by atoms with van der Waals surface area (Å²) in [5, 5.41) is 0. The van der Waals surface area contributed by atoms with Gasteiger partial charge in [-0.25, -0.2) is 0 Å². The zero-order valence-electron chi connectivity index (χ0n) is 15.6. The van der Waals surface area contributed by atoms with Crippen LogP contribution in [0.1, 0.15) is 34.1 Å². The maximum Gasteiger partial charge on any atom is 0.317 e. The van der Waals surface area contributed by atoms with Gasteiger partial charge in [-0.05, 0) is 56.6 Å². The van der Waals surface area contributed by atoms with Crippen molar-refractivity contribution in [2.24, 2.45) is 0 Å². The molecule has 0 saturated carbocycles. The molecule has 2 unspecified atom stereocenters. The minimum absolute atomic E-state index is 0.276. The molecule has 3 aromatic carbocycles. The third kappa shape index (κ3) is 2.12. The molecular formula is C24H18O4. The van der Waals surface area contributed by atoms with E-state index in [1.54, 1.807) is 0 Å². The largest absolute Gasteiger partial charge is 0.468 e. The number of methoxy groups -OCH3 is 2. The molecule has 0 heterocycles. The molecule has 0 saturated heterocycles. The second-order valence-corrected chi connectivity index (χ2v) is 7.11. The van der Waals surface area contributed by atoms with Gasteiger partial charge >= 0.3 is 11.9 Å². The molecule has 0 fully saturated rings. The highest BCUT2D eigenvalue weighted by molar-refractivity contribution is 5.99. The molecule has 2 atom stereocenters. The van der Waals surface area contributed by atoms with Crippen LogP contribution >= 0.6 is 0 Å². The van der Waals surface area contributed by atoms with Crippen molar-refractivity contribution in [3.63, 3.8) is 0 Å². The molecule has 4 nitrogen and oxygen atoms in total. The maximum atomic E-state index is 12.6. The van der Waals surface area contributed by atoms with Crippen molar-refractivity contribution < 1.29 is 19.1 Å². The molecule has 0 amide bonds. The van der Waals surface area contributed by atoms with Crippen LogP contribution in [-0.4, -0.2) is 26.2 Å². The Morgan fingerprint density at radius 1 is 0.607 bits per heavy atom. The minimum atomic E-state index is -0.453. The van der Waals surface area contributed by atoms with E-state index in [4.69, 9.17) is 9.47 Å². The smallest absolute Gasteiger partial charge is 0.317 e. The molecule has 0 spiro atoms.